The molecule has 142 valence electrons. The van der Waals surface area contributed by atoms with Crippen molar-refractivity contribution in [2.45, 2.75) is 32.4 Å². The SMILES string of the molecule is CC(Oc1ccc(Cl)c(Cl)c1)C(=O)NCc1ccc(N2CCCC2=O)cc1. The number of nitrogens with one attached hydrogen (secondary N) is 1. The van der Waals surface area contributed by atoms with Crippen molar-refractivity contribution in [1.29, 1.82) is 0 Å². The van der Waals surface area contributed by atoms with Gasteiger partial charge in [0.15, 0.2) is 6.10 Å². The molecule has 27 heavy (non-hydrogen) atoms. The third kappa shape index (κ3) is 4.93. The van der Waals surface area contributed by atoms with E-state index in [4.69, 9.17) is 27.9 Å². The summed E-state index contributed by atoms with van der Waals surface area (Å²) in [5, 5.41) is 3.64. The molecule has 0 radical (unpaired) electrons. The van der Waals surface area contributed by atoms with Gasteiger partial charge in [0.25, 0.3) is 5.91 Å². The molecule has 0 spiro atoms. The highest BCUT2D eigenvalue weighted by Crippen LogP contribution is 2.27. The maximum absolute atomic E-state index is 12.2. The maximum Gasteiger partial charge on any atom is 0.261 e. The number of ether oxygens (including phenoxy) is 1. The Morgan fingerprint density at radius 1 is 1.19 bits per heavy atom. The fraction of sp³-hybridized carbons (Fsp3) is 0.300. The van der Waals surface area contributed by atoms with Crippen LogP contribution in [0, 0.1) is 0 Å². The summed E-state index contributed by atoms with van der Waals surface area (Å²) in [6.07, 6.45) is 0.825. The lowest BCUT2D eigenvalue weighted by Crippen LogP contribution is -2.35. The van der Waals surface area contributed by atoms with Crippen LogP contribution < -0.4 is 15.0 Å². The van der Waals surface area contributed by atoms with E-state index in [1.54, 1.807) is 30.0 Å². The van der Waals surface area contributed by atoms with E-state index in [0.717, 1.165) is 24.2 Å². The second-order valence-electron chi connectivity index (χ2n) is 6.37. The monoisotopic (exact) mass is 406 g/mol. The smallest absolute Gasteiger partial charge is 0.261 e. The van der Waals surface area contributed by atoms with Gasteiger partial charge in [-0.2, -0.15) is 0 Å². The number of amides is 2. The zero-order valence-electron chi connectivity index (χ0n) is 14.9. The predicted octanol–water partition coefficient (Wildman–Crippen LogP) is 4.20. The van der Waals surface area contributed by atoms with Crippen LogP contribution in [-0.2, 0) is 16.1 Å². The van der Waals surface area contributed by atoms with Gasteiger partial charge in [-0.3, -0.25) is 9.59 Å². The average molecular weight is 407 g/mol. The number of anilines is 1. The molecule has 2 aromatic rings. The minimum atomic E-state index is -0.677. The molecule has 1 fully saturated rings. The molecule has 0 bridgehead atoms. The molecule has 2 amide bonds. The molecule has 0 aliphatic carbocycles. The molecule has 3 rings (SSSR count). The van der Waals surface area contributed by atoms with Gasteiger partial charge in [-0.25, -0.2) is 0 Å². The topological polar surface area (TPSA) is 58.6 Å². The molecule has 2 aromatic carbocycles. The number of halogens is 2. The standard InChI is InChI=1S/C20H20Cl2N2O3/c1-13(27-16-8-9-17(21)18(22)11-16)20(26)23-12-14-4-6-15(7-5-14)24-10-2-3-19(24)25/h4-9,11,13H,2-3,10,12H2,1H3,(H,23,26). The van der Waals surface area contributed by atoms with Crippen LogP contribution in [0.5, 0.6) is 5.75 Å². The number of carbonyl (C=O) groups is 2. The third-order valence-electron chi connectivity index (χ3n) is 4.36. The zero-order valence-corrected chi connectivity index (χ0v) is 16.4. The van der Waals surface area contributed by atoms with E-state index >= 15 is 0 Å². The second kappa shape index (κ2) is 8.63. The highest BCUT2D eigenvalue weighted by molar-refractivity contribution is 6.42. The Kier molecular flexibility index (Phi) is 6.24. The van der Waals surface area contributed by atoms with Gasteiger partial charge in [-0.05, 0) is 43.2 Å². The van der Waals surface area contributed by atoms with Gasteiger partial charge in [-0.1, -0.05) is 35.3 Å². The quantitative estimate of drug-likeness (QED) is 0.781. The molecule has 1 N–H and O–H groups in total. The van der Waals surface area contributed by atoms with Crippen molar-refractivity contribution in [3.63, 3.8) is 0 Å². The van der Waals surface area contributed by atoms with Gasteiger partial charge in [0.05, 0.1) is 10.0 Å². The van der Waals surface area contributed by atoms with Gasteiger partial charge < -0.3 is 15.0 Å². The van der Waals surface area contributed by atoms with Gasteiger partial charge >= 0.3 is 0 Å². The normalized spacial score (nSPS) is 14.9. The van der Waals surface area contributed by atoms with Crippen LogP contribution in [0.2, 0.25) is 10.0 Å². The Balaban J connectivity index is 1.52. The van der Waals surface area contributed by atoms with Crippen molar-refractivity contribution < 1.29 is 14.3 Å². The van der Waals surface area contributed by atoms with Crippen molar-refractivity contribution in [2.24, 2.45) is 0 Å². The van der Waals surface area contributed by atoms with Crippen LogP contribution in [0.1, 0.15) is 25.3 Å². The Labute approximate surface area is 168 Å². The lowest BCUT2D eigenvalue weighted by molar-refractivity contribution is -0.127. The summed E-state index contributed by atoms with van der Waals surface area (Å²) in [5.74, 6) is 0.399. The Morgan fingerprint density at radius 2 is 1.93 bits per heavy atom. The van der Waals surface area contributed by atoms with Crippen molar-refractivity contribution >= 4 is 40.7 Å². The molecule has 1 aliphatic rings. The minimum absolute atomic E-state index is 0.157. The molecule has 5 nitrogen and oxygen atoms in total. The molecule has 7 heteroatoms. The van der Waals surface area contributed by atoms with E-state index in [1.165, 1.54) is 0 Å². The van der Waals surface area contributed by atoms with Crippen molar-refractivity contribution in [3.05, 3.63) is 58.1 Å². The molecule has 0 saturated carbocycles. The zero-order chi connectivity index (χ0) is 19.4. The Morgan fingerprint density at radius 3 is 2.56 bits per heavy atom. The Bertz CT molecular complexity index is 840. The first-order valence-electron chi connectivity index (χ1n) is 8.73. The van der Waals surface area contributed by atoms with Crippen molar-refractivity contribution in [2.75, 3.05) is 11.4 Å². The van der Waals surface area contributed by atoms with Gasteiger partial charge in [0.2, 0.25) is 5.91 Å². The van der Waals surface area contributed by atoms with Crippen LogP contribution in [0.25, 0.3) is 0 Å². The number of hydrogen-bond donors (Lipinski definition) is 1. The fourth-order valence-corrected chi connectivity index (χ4v) is 3.14. The summed E-state index contributed by atoms with van der Waals surface area (Å²) in [6, 6.07) is 12.5. The van der Waals surface area contributed by atoms with Crippen molar-refractivity contribution in [1.82, 2.24) is 5.32 Å². The summed E-state index contributed by atoms with van der Waals surface area (Å²) in [5.41, 5.74) is 1.84. The molecular formula is C20H20Cl2N2O3. The summed E-state index contributed by atoms with van der Waals surface area (Å²) in [7, 11) is 0. The molecular weight excluding hydrogens is 387 g/mol. The summed E-state index contributed by atoms with van der Waals surface area (Å²) in [6.45, 7) is 2.81. The van der Waals surface area contributed by atoms with Crippen LogP contribution in [0.3, 0.4) is 0 Å². The summed E-state index contributed by atoms with van der Waals surface area (Å²) in [4.78, 5) is 25.8. The number of rotatable bonds is 6. The maximum atomic E-state index is 12.2. The number of nitrogens with zero attached hydrogens (tertiary/aromatic N) is 1. The lowest BCUT2D eigenvalue weighted by atomic mass is 10.2. The molecule has 1 saturated heterocycles. The highest BCUT2D eigenvalue weighted by Gasteiger charge is 2.21. The van der Waals surface area contributed by atoms with Crippen LogP contribution in [0.15, 0.2) is 42.5 Å². The largest absolute Gasteiger partial charge is 0.481 e. The van der Waals surface area contributed by atoms with Gasteiger partial charge in [0.1, 0.15) is 5.75 Å². The fourth-order valence-electron chi connectivity index (χ4n) is 2.86. The summed E-state index contributed by atoms with van der Waals surface area (Å²) >= 11 is 11.8. The van der Waals surface area contributed by atoms with E-state index in [9.17, 15) is 9.59 Å². The lowest BCUT2D eigenvalue weighted by Gasteiger charge is -2.17. The van der Waals surface area contributed by atoms with Gasteiger partial charge in [0, 0.05) is 31.3 Å². The highest BCUT2D eigenvalue weighted by atomic mass is 35.5. The molecule has 0 aromatic heterocycles. The van der Waals surface area contributed by atoms with Crippen LogP contribution in [-0.4, -0.2) is 24.5 Å². The number of benzene rings is 2. The second-order valence-corrected chi connectivity index (χ2v) is 7.18. The molecule has 1 heterocycles. The van der Waals surface area contributed by atoms with Gasteiger partial charge in [-0.15, -0.1) is 0 Å². The minimum Gasteiger partial charge on any atom is -0.481 e. The average Bonchev–Trinajstić information content (AvgIpc) is 3.09. The number of carbonyl (C=O) groups excluding carboxylic acids is 2. The predicted molar refractivity (Wildman–Crippen MR) is 106 cm³/mol. The summed E-state index contributed by atoms with van der Waals surface area (Å²) < 4.78 is 5.60. The first-order chi connectivity index (χ1) is 12.9. The van der Waals surface area contributed by atoms with E-state index in [1.807, 2.05) is 24.3 Å². The van der Waals surface area contributed by atoms with E-state index in [-0.39, 0.29) is 11.8 Å². The third-order valence-corrected chi connectivity index (χ3v) is 5.10. The van der Waals surface area contributed by atoms with E-state index < -0.39 is 6.10 Å². The molecule has 1 atom stereocenters. The number of hydrogen-bond acceptors (Lipinski definition) is 3. The first-order valence-corrected chi connectivity index (χ1v) is 9.48. The van der Waals surface area contributed by atoms with Crippen LogP contribution >= 0.6 is 23.2 Å². The molecule has 1 unspecified atom stereocenters. The molecule has 1 aliphatic heterocycles. The van der Waals surface area contributed by atoms with Crippen LogP contribution in [0.4, 0.5) is 5.69 Å². The van der Waals surface area contributed by atoms with Crippen molar-refractivity contribution in [3.8, 4) is 5.75 Å². The van der Waals surface area contributed by atoms with E-state index in [0.29, 0.717) is 28.8 Å². The van der Waals surface area contributed by atoms with E-state index in [2.05, 4.69) is 5.32 Å². The first kappa shape index (κ1) is 19.5. The Hall–Kier alpha value is -2.24.